The van der Waals surface area contributed by atoms with Crippen molar-refractivity contribution in [3.8, 4) is 5.75 Å². The molecule has 1 aliphatic rings. The predicted octanol–water partition coefficient (Wildman–Crippen LogP) is 6.68. The van der Waals surface area contributed by atoms with Crippen molar-refractivity contribution in [2.45, 2.75) is 58.4 Å². The van der Waals surface area contributed by atoms with Gasteiger partial charge in [-0.3, -0.25) is 4.79 Å². The zero-order chi connectivity index (χ0) is 24.9. The topological polar surface area (TPSA) is 47.4 Å². The second-order valence-corrected chi connectivity index (χ2v) is 9.75. The van der Waals surface area contributed by atoms with Gasteiger partial charge in [0.05, 0.1) is 17.6 Å². The average molecular weight is 482 g/mol. The monoisotopic (exact) mass is 481 g/mol. The molecule has 1 amide bonds. The van der Waals surface area contributed by atoms with Gasteiger partial charge >= 0.3 is 0 Å². The van der Waals surface area contributed by atoms with E-state index in [2.05, 4.69) is 66.9 Å². The zero-order valence-corrected chi connectivity index (χ0v) is 21.3. The van der Waals surface area contributed by atoms with Crippen molar-refractivity contribution >= 4 is 22.6 Å². The molecule has 0 N–H and O–H groups in total. The molecule has 5 nitrogen and oxygen atoms in total. The highest BCUT2D eigenvalue weighted by atomic mass is 16.5. The van der Waals surface area contributed by atoms with Crippen molar-refractivity contribution in [2.24, 2.45) is 0 Å². The van der Waals surface area contributed by atoms with Gasteiger partial charge in [-0.2, -0.15) is 0 Å². The highest BCUT2D eigenvalue weighted by molar-refractivity contribution is 5.96. The lowest BCUT2D eigenvalue weighted by atomic mass is 10.1. The third kappa shape index (κ3) is 5.15. The molecule has 0 radical (unpaired) electrons. The van der Waals surface area contributed by atoms with Gasteiger partial charge in [-0.25, -0.2) is 4.98 Å². The number of imidazole rings is 1. The number of fused-ring (bicyclic) bond motifs is 1. The normalized spacial score (nSPS) is 15.7. The van der Waals surface area contributed by atoms with E-state index in [1.807, 2.05) is 29.2 Å². The van der Waals surface area contributed by atoms with Crippen LogP contribution in [0, 0.1) is 6.92 Å². The van der Waals surface area contributed by atoms with Crippen molar-refractivity contribution in [1.29, 1.82) is 0 Å². The number of ether oxygens (including phenoxy) is 1. The quantitative estimate of drug-likeness (QED) is 0.238. The Morgan fingerprint density at radius 3 is 2.56 bits per heavy atom. The highest BCUT2D eigenvalue weighted by Crippen LogP contribution is 2.33. The van der Waals surface area contributed by atoms with E-state index < -0.39 is 0 Å². The van der Waals surface area contributed by atoms with Crippen LogP contribution in [0.4, 0.5) is 5.69 Å². The van der Waals surface area contributed by atoms with Crippen LogP contribution in [-0.2, 0) is 17.8 Å². The van der Waals surface area contributed by atoms with Gasteiger partial charge < -0.3 is 14.2 Å². The Balaban J connectivity index is 1.31. The van der Waals surface area contributed by atoms with E-state index in [0.29, 0.717) is 19.6 Å². The standard InChI is InChI=1S/C31H35N3O2/c1-3-4-11-24-15-17-26(18-16-24)34-22-25(21-30(34)35)31-32-27-12-6-7-13-28(27)33(31)19-9-20-36-29-14-8-5-10-23(29)2/h5-8,10,12-18,25H,3-4,9,11,19-22H2,1-2H3. The molecule has 0 aliphatic carbocycles. The maximum atomic E-state index is 13.1. The number of hydrogen-bond acceptors (Lipinski definition) is 3. The third-order valence-electron chi connectivity index (χ3n) is 7.12. The molecule has 5 rings (SSSR count). The van der Waals surface area contributed by atoms with Crippen LogP contribution >= 0.6 is 0 Å². The number of aryl methyl sites for hydroxylation is 3. The van der Waals surface area contributed by atoms with Crippen molar-refractivity contribution in [3.63, 3.8) is 0 Å². The molecule has 0 spiro atoms. The molecule has 3 aromatic carbocycles. The minimum Gasteiger partial charge on any atom is -0.493 e. The van der Waals surface area contributed by atoms with Crippen LogP contribution in [0.15, 0.2) is 72.8 Å². The van der Waals surface area contributed by atoms with Gasteiger partial charge in [-0.05, 0) is 67.6 Å². The van der Waals surface area contributed by atoms with E-state index >= 15 is 0 Å². The van der Waals surface area contributed by atoms with Crippen molar-refractivity contribution in [1.82, 2.24) is 9.55 Å². The number of hydrogen-bond donors (Lipinski definition) is 0. The molecule has 36 heavy (non-hydrogen) atoms. The number of benzene rings is 3. The van der Waals surface area contributed by atoms with E-state index in [9.17, 15) is 4.79 Å². The number of carbonyl (C=O) groups excluding carboxylic acids is 1. The fourth-order valence-corrected chi connectivity index (χ4v) is 5.12. The van der Waals surface area contributed by atoms with Crippen molar-refractivity contribution in [2.75, 3.05) is 18.1 Å². The summed E-state index contributed by atoms with van der Waals surface area (Å²) in [7, 11) is 0. The maximum absolute atomic E-state index is 13.1. The first-order chi connectivity index (χ1) is 17.6. The molecule has 1 aliphatic heterocycles. The Labute approximate surface area is 213 Å². The molecule has 4 aromatic rings. The Hall–Kier alpha value is -3.60. The minimum atomic E-state index is 0.0713. The number of unbranched alkanes of at least 4 members (excludes halogenated alkanes) is 1. The summed E-state index contributed by atoms with van der Waals surface area (Å²) in [6, 6.07) is 24.9. The highest BCUT2D eigenvalue weighted by Gasteiger charge is 2.34. The summed E-state index contributed by atoms with van der Waals surface area (Å²) < 4.78 is 8.34. The Bertz CT molecular complexity index is 1330. The molecule has 5 heteroatoms. The Morgan fingerprint density at radius 1 is 0.972 bits per heavy atom. The smallest absolute Gasteiger partial charge is 0.227 e. The fraction of sp³-hybridized carbons (Fsp3) is 0.355. The summed E-state index contributed by atoms with van der Waals surface area (Å²) in [5, 5.41) is 0. The molecule has 186 valence electrons. The summed E-state index contributed by atoms with van der Waals surface area (Å²) in [6.07, 6.45) is 4.82. The van der Waals surface area contributed by atoms with E-state index in [0.717, 1.165) is 53.2 Å². The molecule has 1 fully saturated rings. The van der Waals surface area contributed by atoms with E-state index in [4.69, 9.17) is 9.72 Å². The minimum absolute atomic E-state index is 0.0713. The zero-order valence-electron chi connectivity index (χ0n) is 21.3. The van der Waals surface area contributed by atoms with Gasteiger partial charge in [0.25, 0.3) is 0 Å². The lowest BCUT2D eigenvalue weighted by Crippen LogP contribution is -2.24. The van der Waals surface area contributed by atoms with Gasteiger partial charge in [0.15, 0.2) is 0 Å². The number of rotatable bonds is 10. The SMILES string of the molecule is CCCCc1ccc(N2CC(c3nc4ccccc4n3CCCOc3ccccc3C)CC2=O)cc1. The number of aromatic nitrogens is 2. The lowest BCUT2D eigenvalue weighted by Gasteiger charge is -2.18. The molecule has 1 aromatic heterocycles. The van der Waals surface area contributed by atoms with Gasteiger partial charge in [0, 0.05) is 31.1 Å². The molecule has 0 saturated carbocycles. The largest absolute Gasteiger partial charge is 0.493 e. The van der Waals surface area contributed by atoms with E-state index in [1.54, 1.807) is 0 Å². The van der Waals surface area contributed by atoms with Crippen LogP contribution < -0.4 is 9.64 Å². The number of nitrogens with zero attached hydrogens (tertiary/aromatic N) is 3. The van der Waals surface area contributed by atoms with Crippen LogP contribution in [-0.4, -0.2) is 28.6 Å². The van der Waals surface area contributed by atoms with Gasteiger partial charge in [0.2, 0.25) is 5.91 Å². The summed E-state index contributed by atoms with van der Waals surface area (Å²) >= 11 is 0. The summed E-state index contributed by atoms with van der Waals surface area (Å²) in [5.74, 6) is 2.18. The molecular formula is C31H35N3O2. The maximum Gasteiger partial charge on any atom is 0.227 e. The van der Waals surface area contributed by atoms with Gasteiger partial charge in [-0.1, -0.05) is 55.8 Å². The molecule has 2 heterocycles. The first-order valence-corrected chi connectivity index (χ1v) is 13.2. The fourth-order valence-electron chi connectivity index (χ4n) is 5.12. The van der Waals surface area contributed by atoms with Gasteiger partial charge in [0.1, 0.15) is 11.6 Å². The van der Waals surface area contributed by atoms with Crippen LogP contribution in [0.2, 0.25) is 0 Å². The first-order valence-electron chi connectivity index (χ1n) is 13.2. The number of para-hydroxylation sites is 3. The average Bonchev–Trinajstić information content (AvgIpc) is 3.47. The van der Waals surface area contributed by atoms with E-state index in [1.165, 1.54) is 18.4 Å². The van der Waals surface area contributed by atoms with E-state index in [-0.39, 0.29) is 11.8 Å². The molecule has 1 unspecified atom stereocenters. The van der Waals surface area contributed by atoms with Crippen molar-refractivity contribution in [3.05, 3.63) is 89.7 Å². The van der Waals surface area contributed by atoms with Crippen LogP contribution in [0.25, 0.3) is 11.0 Å². The second kappa shape index (κ2) is 11.0. The van der Waals surface area contributed by atoms with Crippen LogP contribution in [0.5, 0.6) is 5.75 Å². The summed E-state index contributed by atoms with van der Waals surface area (Å²) in [6.45, 7) is 6.38. The second-order valence-electron chi connectivity index (χ2n) is 9.75. The van der Waals surface area contributed by atoms with Crippen molar-refractivity contribution < 1.29 is 9.53 Å². The Morgan fingerprint density at radius 2 is 1.75 bits per heavy atom. The van der Waals surface area contributed by atoms with Gasteiger partial charge in [-0.15, -0.1) is 0 Å². The van der Waals surface area contributed by atoms with Crippen LogP contribution in [0.1, 0.15) is 55.5 Å². The Kier molecular flexibility index (Phi) is 7.36. The lowest BCUT2D eigenvalue weighted by molar-refractivity contribution is -0.117. The number of carbonyl (C=O) groups is 1. The molecular weight excluding hydrogens is 446 g/mol. The number of amides is 1. The van der Waals surface area contributed by atoms with Crippen LogP contribution in [0.3, 0.4) is 0 Å². The summed E-state index contributed by atoms with van der Waals surface area (Å²) in [4.78, 5) is 20.0. The number of anilines is 1. The molecule has 0 bridgehead atoms. The predicted molar refractivity (Wildman–Crippen MR) is 146 cm³/mol. The molecule has 1 saturated heterocycles. The summed E-state index contributed by atoms with van der Waals surface area (Å²) in [5.41, 5.74) is 5.57. The molecule has 1 atom stereocenters. The first kappa shape index (κ1) is 24.1. The third-order valence-corrected chi connectivity index (χ3v) is 7.12.